The van der Waals surface area contributed by atoms with Crippen molar-refractivity contribution in [3.05, 3.63) is 35.7 Å². The molecule has 0 fully saturated rings. The normalized spacial score (nSPS) is 10.6. The first-order valence-corrected chi connectivity index (χ1v) is 5.99. The molecule has 2 N–H and O–H groups in total. The van der Waals surface area contributed by atoms with E-state index >= 15 is 0 Å². The van der Waals surface area contributed by atoms with E-state index < -0.39 is 0 Å². The van der Waals surface area contributed by atoms with E-state index in [0.717, 1.165) is 23.6 Å². The molecule has 2 aromatic rings. The number of tetrazole rings is 1. The van der Waals surface area contributed by atoms with Gasteiger partial charge in [0.05, 0.1) is 13.6 Å². The summed E-state index contributed by atoms with van der Waals surface area (Å²) in [6.07, 6.45) is 0. The number of hydrogen-bond donors (Lipinski definition) is 1. The summed E-state index contributed by atoms with van der Waals surface area (Å²) in [5.74, 6) is 0.724. The van der Waals surface area contributed by atoms with Crippen LogP contribution in [0, 0.1) is 0 Å². The molecule has 0 bridgehead atoms. The third-order valence-corrected chi connectivity index (χ3v) is 2.80. The minimum absolute atomic E-state index is 0.568. The van der Waals surface area contributed by atoms with Crippen LogP contribution in [0.2, 0.25) is 0 Å². The van der Waals surface area contributed by atoms with Crippen LogP contribution in [0.1, 0.15) is 18.3 Å². The van der Waals surface area contributed by atoms with Gasteiger partial charge in [-0.25, -0.2) is 0 Å². The van der Waals surface area contributed by atoms with Gasteiger partial charge in [-0.2, -0.15) is 4.80 Å². The maximum atomic E-state index is 5.59. The highest BCUT2D eigenvalue weighted by Gasteiger charge is 2.08. The molecule has 0 aliphatic rings. The lowest BCUT2D eigenvalue weighted by atomic mass is 10.2. The molecule has 0 aliphatic heterocycles. The molecule has 1 heterocycles. The number of nitrogens with zero attached hydrogens (tertiary/aromatic N) is 5. The predicted molar refractivity (Wildman–Crippen MR) is 69.9 cm³/mol. The van der Waals surface area contributed by atoms with Crippen molar-refractivity contribution >= 4 is 5.69 Å². The van der Waals surface area contributed by atoms with Crippen molar-refractivity contribution in [2.45, 2.75) is 20.0 Å². The molecular weight excluding hydrogens is 228 g/mol. The molecule has 0 atom stereocenters. The van der Waals surface area contributed by atoms with Gasteiger partial charge in [-0.05, 0) is 29.8 Å². The molecule has 18 heavy (non-hydrogen) atoms. The van der Waals surface area contributed by atoms with E-state index in [2.05, 4.69) is 39.4 Å². The summed E-state index contributed by atoms with van der Waals surface area (Å²) in [7, 11) is 1.77. The molecule has 0 saturated carbocycles. The number of benzene rings is 1. The van der Waals surface area contributed by atoms with Crippen molar-refractivity contribution in [1.29, 1.82) is 0 Å². The number of anilines is 1. The van der Waals surface area contributed by atoms with Crippen molar-refractivity contribution in [3.63, 3.8) is 0 Å². The molecule has 2 rings (SSSR count). The summed E-state index contributed by atoms with van der Waals surface area (Å²) < 4.78 is 0. The van der Waals surface area contributed by atoms with Gasteiger partial charge in [-0.3, -0.25) is 0 Å². The van der Waals surface area contributed by atoms with E-state index in [1.807, 2.05) is 12.1 Å². The Balaban J connectivity index is 2.12. The first kappa shape index (κ1) is 12.5. The number of nitrogens with two attached hydrogens (primary N) is 1. The lowest BCUT2D eigenvalue weighted by Gasteiger charge is -2.21. The molecule has 1 aromatic heterocycles. The van der Waals surface area contributed by atoms with Crippen LogP contribution >= 0.6 is 0 Å². The number of hydrogen-bond acceptors (Lipinski definition) is 5. The molecule has 96 valence electrons. The largest absolute Gasteiger partial charge is 0.364 e. The number of rotatable bonds is 5. The second-order valence-corrected chi connectivity index (χ2v) is 4.08. The van der Waals surface area contributed by atoms with E-state index in [-0.39, 0.29) is 0 Å². The van der Waals surface area contributed by atoms with Crippen LogP contribution in [0.5, 0.6) is 0 Å². The van der Waals surface area contributed by atoms with Crippen molar-refractivity contribution in [3.8, 4) is 0 Å². The summed E-state index contributed by atoms with van der Waals surface area (Å²) in [4.78, 5) is 3.66. The zero-order chi connectivity index (χ0) is 13.0. The van der Waals surface area contributed by atoms with E-state index in [4.69, 9.17) is 5.73 Å². The molecule has 0 saturated heterocycles. The lowest BCUT2D eigenvalue weighted by molar-refractivity contribution is 0.626. The van der Waals surface area contributed by atoms with Gasteiger partial charge < -0.3 is 10.6 Å². The Labute approximate surface area is 106 Å². The standard InChI is InChI=1S/C12H18N6/c1-3-18(9-12-14-16-17(2)15-12)11-6-4-10(8-13)5-7-11/h4-7H,3,8-9,13H2,1-2H3. The number of aromatic nitrogens is 4. The van der Waals surface area contributed by atoms with Gasteiger partial charge in [0.1, 0.15) is 0 Å². The Morgan fingerprint density at radius 1 is 1.28 bits per heavy atom. The monoisotopic (exact) mass is 246 g/mol. The Kier molecular flexibility index (Phi) is 3.88. The van der Waals surface area contributed by atoms with Gasteiger partial charge >= 0.3 is 0 Å². The van der Waals surface area contributed by atoms with Crippen molar-refractivity contribution in [2.24, 2.45) is 12.8 Å². The average Bonchev–Trinajstić information content (AvgIpc) is 2.82. The fraction of sp³-hybridized carbons (Fsp3) is 0.417. The summed E-state index contributed by atoms with van der Waals surface area (Å²) in [5, 5.41) is 12.0. The summed E-state index contributed by atoms with van der Waals surface area (Å²) in [5.41, 5.74) is 7.86. The van der Waals surface area contributed by atoms with E-state index in [9.17, 15) is 0 Å². The van der Waals surface area contributed by atoms with Crippen LogP contribution in [0.25, 0.3) is 0 Å². The SMILES string of the molecule is CCN(Cc1nnn(C)n1)c1ccc(CN)cc1. The van der Waals surface area contributed by atoms with E-state index in [1.165, 1.54) is 4.80 Å². The van der Waals surface area contributed by atoms with Crippen LogP contribution < -0.4 is 10.6 Å². The van der Waals surface area contributed by atoms with Crippen molar-refractivity contribution < 1.29 is 0 Å². The van der Waals surface area contributed by atoms with Crippen molar-refractivity contribution in [2.75, 3.05) is 11.4 Å². The fourth-order valence-corrected chi connectivity index (χ4v) is 1.79. The van der Waals surface area contributed by atoms with Crippen molar-refractivity contribution in [1.82, 2.24) is 20.2 Å². The van der Waals surface area contributed by atoms with Crippen LogP contribution in [0.3, 0.4) is 0 Å². The first-order valence-electron chi connectivity index (χ1n) is 5.99. The second-order valence-electron chi connectivity index (χ2n) is 4.08. The lowest BCUT2D eigenvalue weighted by Crippen LogP contribution is -2.22. The third-order valence-electron chi connectivity index (χ3n) is 2.80. The smallest absolute Gasteiger partial charge is 0.193 e. The van der Waals surface area contributed by atoms with Crippen LogP contribution in [0.15, 0.2) is 24.3 Å². The quantitative estimate of drug-likeness (QED) is 0.840. The van der Waals surface area contributed by atoms with Gasteiger partial charge in [0.15, 0.2) is 5.82 Å². The molecule has 0 aliphatic carbocycles. The number of aryl methyl sites for hydroxylation is 1. The van der Waals surface area contributed by atoms with Crippen LogP contribution in [-0.4, -0.2) is 26.8 Å². The molecule has 6 nitrogen and oxygen atoms in total. The Hall–Kier alpha value is -1.95. The van der Waals surface area contributed by atoms with Gasteiger partial charge in [-0.15, -0.1) is 10.2 Å². The predicted octanol–water partition coefficient (Wildman–Crippen LogP) is 0.695. The van der Waals surface area contributed by atoms with Crippen LogP contribution in [0.4, 0.5) is 5.69 Å². The Morgan fingerprint density at radius 3 is 2.50 bits per heavy atom. The molecule has 1 aromatic carbocycles. The minimum atomic E-state index is 0.568. The topological polar surface area (TPSA) is 72.9 Å². The van der Waals surface area contributed by atoms with Gasteiger partial charge in [-0.1, -0.05) is 12.1 Å². The first-order chi connectivity index (χ1) is 8.72. The second kappa shape index (κ2) is 5.59. The average molecular weight is 246 g/mol. The Morgan fingerprint density at radius 2 is 2.00 bits per heavy atom. The van der Waals surface area contributed by atoms with Crippen LogP contribution in [-0.2, 0) is 20.1 Å². The zero-order valence-electron chi connectivity index (χ0n) is 10.7. The maximum absolute atomic E-state index is 5.59. The molecule has 0 radical (unpaired) electrons. The summed E-state index contributed by atoms with van der Waals surface area (Å²) >= 11 is 0. The highest BCUT2D eigenvalue weighted by molar-refractivity contribution is 5.47. The molecular formula is C12H18N6. The van der Waals surface area contributed by atoms with E-state index in [1.54, 1.807) is 7.05 Å². The molecule has 0 spiro atoms. The summed E-state index contributed by atoms with van der Waals surface area (Å²) in [6, 6.07) is 8.23. The third kappa shape index (κ3) is 2.84. The van der Waals surface area contributed by atoms with Gasteiger partial charge in [0.2, 0.25) is 0 Å². The van der Waals surface area contributed by atoms with Gasteiger partial charge in [0.25, 0.3) is 0 Å². The highest BCUT2D eigenvalue weighted by atomic mass is 15.6. The fourth-order valence-electron chi connectivity index (χ4n) is 1.79. The minimum Gasteiger partial charge on any atom is -0.364 e. The zero-order valence-corrected chi connectivity index (χ0v) is 10.7. The van der Waals surface area contributed by atoms with E-state index in [0.29, 0.717) is 13.1 Å². The molecule has 0 amide bonds. The summed E-state index contributed by atoms with van der Waals surface area (Å²) in [6.45, 7) is 4.22. The Bertz CT molecular complexity index is 490. The maximum Gasteiger partial charge on any atom is 0.193 e. The highest BCUT2D eigenvalue weighted by Crippen LogP contribution is 2.16. The van der Waals surface area contributed by atoms with Gasteiger partial charge in [0, 0.05) is 18.8 Å². The molecule has 6 heteroatoms. The molecule has 0 unspecified atom stereocenters.